The first-order valence-electron chi connectivity index (χ1n) is 11.6. The Morgan fingerprint density at radius 1 is 0.944 bits per heavy atom. The van der Waals surface area contributed by atoms with Gasteiger partial charge < -0.3 is 10.0 Å². The van der Waals surface area contributed by atoms with Gasteiger partial charge >= 0.3 is 6.18 Å². The average molecular weight is 519 g/mol. The average Bonchev–Trinajstić information content (AvgIpc) is 2.84. The zero-order valence-corrected chi connectivity index (χ0v) is 20.9. The minimum Gasteiger partial charge on any atom is -0.376 e. The van der Waals surface area contributed by atoms with Gasteiger partial charge in [-0.25, -0.2) is 8.42 Å². The van der Waals surface area contributed by atoms with Gasteiger partial charge in [0.2, 0.25) is 0 Å². The van der Waals surface area contributed by atoms with E-state index in [0.29, 0.717) is 26.2 Å². The first-order valence-corrected chi connectivity index (χ1v) is 13.5. The molecule has 192 valence electrons. The molecule has 0 unspecified atom stereocenters. The maximum absolute atomic E-state index is 13.2. The SMILES string of the molecule is C[C@@](O)(c1ccc(CN2CCN(c3cccc(S(C)(=O)=O)c3)C[C@H]2c2ccccc2)cc1)C(F)(F)F. The largest absolute Gasteiger partial charge is 0.421 e. The Kier molecular flexibility index (Phi) is 7.19. The number of benzene rings is 3. The van der Waals surface area contributed by atoms with Gasteiger partial charge in [0.25, 0.3) is 0 Å². The number of alkyl halides is 3. The second-order valence-electron chi connectivity index (χ2n) is 9.38. The Morgan fingerprint density at radius 3 is 2.22 bits per heavy atom. The lowest BCUT2D eigenvalue weighted by molar-refractivity contribution is -0.258. The first-order chi connectivity index (χ1) is 16.9. The molecular formula is C27H29F3N2O3S. The number of sulfone groups is 1. The maximum atomic E-state index is 13.2. The monoisotopic (exact) mass is 518 g/mol. The molecule has 0 radical (unpaired) electrons. The molecule has 3 aromatic carbocycles. The van der Waals surface area contributed by atoms with Gasteiger partial charge in [-0.05, 0) is 41.8 Å². The molecule has 0 amide bonds. The van der Waals surface area contributed by atoms with Gasteiger partial charge in [0.15, 0.2) is 15.4 Å². The summed E-state index contributed by atoms with van der Waals surface area (Å²) in [7, 11) is -3.33. The number of hydrogen-bond donors (Lipinski definition) is 1. The number of rotatable bonds is 6. The molecular weight excluding hydrogens is 489 g/mol. The van der Waals surface area contributed by atoms with Crippen LogP contribution in [0.1, 0.15) is 29.7 Å². The van der Waals surface area contributed by atoms with E-state index < -0.39 is 21.6 Å². The van der Waals surface area contributed by atoms with E-state index in [2.05, 4.69) is 9.80 Å². The highest BCUT2D eigenvalue weighted by molar-refractivity contribution is 7.90. The minimum atomic E-state index is -4.77. The fraction of sp³-hybridized carbons (Fsp3) is 0.333. The van der Waals surface area contributed by atoms with Crippen molar-refractivity contribution in [1.29, 1.82) is 0 Å². The first kappa shape index (κ1) is 26.2. The smallest absolute Gasteiger partial charge is 0.376 e. The van der Waals surface area contributed by atoms with Crippen LogP contribution >= 0.6 is 0 Å². The zero-order valence-electron chi connectivity index (χ0n) is 20.1. The van der Waals surface area contributed by atoms with Crippen molar-refractivity contribution in [3.63, 3.8) is 0 Å². The summed E-state index contributed by atoms with van der Waals surface area (Å²) >= 11 is 0. The molecule has 0 bridgehead atoms. The van der Waals surface area contributed by atoms with Crippen LogP contribution in [0.3, 0.4) is 0 Å². The van der Waals surface area contributed by atoms with Crippen LogP contribution in [0.4, 0.5) is 18.9 Å². The Hall–Kier alpha value is -2.88. The van der Waals surface area contributed by atoms with Crippen LogP contribution in [0.25, 0.3) is 0 Å². The lowest BCUT2D eigenvalue weighted by atomic mass is 9.94. The van der Waals surface area contributed by atoms with Crippen molar-refractivity contribution in [1.82, 2.24) is 4.90 Å². The molecule has 1 aliphatic rings. The maximum Gasteiger partial charge on any atom is 0.421 e. The van der Waals surface area contributed by atoms with E-state index in [-0.39, 0.29) is 16.5 Å². The Bertz CT molecular complexity index is 1290. The van der Waals surface area contributed by atoms with Crippen LogP contribution in [0.5, 0.6) is 0 Å². The van der Waals surface area contributed by atoms with E-state index in [1.54, 1.807) is 30.3 Å². The lowest BCUT2D eigenvalue weighted by Gasteiger charge is -2.43. The number of hydrogen-bond acceptors (Lipinski definition) is 5. The summed E-state index contributed by atoms with van der Waals surface area (Å²) in [6.45, 7) is 3.23. The second kappa shape index (κ2) is 9.88. The number of piperazine rings is 1. The topological polar surface area (TPSA) is 60.9 Å². The van der Waals surface area contributed by atoms with Crippen LogP contribution in [0, 0.1) is 0 Å². The predicted octanol–water partition coefficient (Wildman–Crippen LogP) is 4.92. The molecule has 1 aliphatic heterocycles. The van der Waals surface area contributed by atoms with Crippen LogP contribution in [-0.2, 0) is 22.0 Å². The van der Waals surface area contributed by atoms with E-state index in [0.717, 1.165) is 23.7 Å². The molecule has 3 aromatic rings. The van der Waals surface area contributed by atoms with Crippen molar-refractivity contribution in [2.24, 2.45) is 0 Å². The number of anilines is 1. The van der Waals surface area contributed by atoms with Crippen LogP contribution in [0.15, 0.2) is 83.8 Å². The van der Waals surface area contributed by atoms with Crippen molar-refractivity contribution in [2.75, 3.05) is 30.8 Å². The van der Waals surface area contributed by atoms with Gasteiger partial charge in [-0.15, -0.1) is 0 Å². The van der Waals surface area contributed by atoms with Gasteiger partial charge in [0.1, 0.15) is 0 Å². The third kappa shape index (κ3) is 5.58. The molecule has 0 aliphatic carbocycles. The van der Waals surface area contributed by atoms with E-state index >= 15 is 0 Å². The molecule has 1 fully saturated rings. The fourth-order valence-electron chi connectivity index (χ4n) is 4.48. The van der Waals surface area contributed by atoms with Gasteiger partial charge in [-0.1, -0.05) is 60.7 Å². The van der Waals surface area contributed by atoms with Gasteiger partial charge in [-0.2, -0.15) is 13.2 Å². The number of aliphatic hydroxyl groups is 1. The summed E-state index contributed by atoms with van der Waals surface area (Å²) in [5, 5.41) is 9.95. The molecule has 0 saturated carbocycles. The minimum absolute atomic E-state index is 0.0141. The summed E-state index contributed by atoms with van der Waals surface area (Å²) < 4.78 is 63.7. The molecule has 9 heteroatoms. The summed E-state index contributed by atoms with van der Waals surface area (Å²) in [5.74, 6) is 0. The third-order valence-electron chi connectivity index (χ3n) is 6.74. The highest BCUT2D eigenvalue weighted by Crippen LogP contribution is 2.38. The zero-order chi connectivity index (χ0) is 26.1. The molecule has 2 atom stereocenters. The highest BCUT2D eigenvalue weighted by atomic mass is 32.2. The molecule has 36 heavy (non-hydrogen) atoms. The number of nitrogens with zero attached hydrogens (tertiary/aromatic N) is 2. The molecule has 0 aromatic heterocycles. The molecule has 1 N–H and O–H groups in total. The van der Waals surface area contributed by atoms with Crippen LogP contribution in [0.2, 0.25) is 0 Å². The van der Waals surface area contributed by atoms with Gasteiger partial charge in [0, 0.05) is 38.1 Å². The highest BCUT2D eigenvalue weighted by Gasteiger charge is 2.51. The normalized spacial score (nSPS) is 19.2. The molecule has 4 rings (SSSR count). The van der Waals surface area contributed by atoms with Crippen molar-refractivity contribution in [2.45, 2.75) is 36.2 Å². The standard InChI is InChI=1S/C27H29F3N2O3S/c1-26(33,27(28,29)30)22-13-11-20(12-14-22)18-32-16-15-31(19-25(32)21-7-4-3-5-8-21)23-9-6-10-24(17-23)36(2,34)35/h3-14,17,25,33H,15-16,18-19H2,1-2H3/t25-,26+/m0/s1. The van der Waals surface area contributed by atoms with E-state index in [1.807, 2.05) is 36.4 Å². The van der Waals surface area contributed by atoms with Crippen molar-refractivity contribution in [3.05, 3.63) is 95.6 Å². The van der Waals surface area contributed by atoms with Crippen molar-refractivity contribution < 1.29 is 26.7 Å². The summed E-state index contributed by atoms with van der Waals surface area (Å²) in [6.07, 6.45) is -3.58. The quantitative estimate of drug-likeness (QED) is 0.502. The third-order valence-corrected chi connectivity index (χ3v) is 7.85. The predicted molar refractivity (Wildman–Crippen MR) is 133 cm³/mol. The second-order valence-corrected chi connectivity index (χ2v) is 11.4. The molecule has 1 heterocycles. The van der Waals surface area contributed by atoms with Gasteiger partial charge in [-0.3, -0.25) is 4.90 Å². The Labute approximate surface area is 209 Å². The summed E-state index contributed by atoms with van der Waals surface area (Å²) in [6, 6.07) is 22.8. The number of halogens is 3. The van der Waals surface area contributed by atoms with Crippen molar-refractivity contribution in [3.8, 4) is 0 Å². The molecule has 0 spiro atoms. The van der Waals surface area contributed by atoms with Crippen LogP contribution in [-0.4, -0.2) is 50.5 Å². The van der Waals surface area contributed by atoms with Crippen LogP contribution < -0.4 is 4.90 Å². The Balaban J connectivity index is 1.57. The summed E-state index contributed by atoms with van der Waals surface area (Å²) in [4.78, 5) is 4.70. The van der Waals surface area contributed by atoms with E-state index in [9.17, 15) is 26.7 Å². The van der Waals surface area contributed by atoms with Crippen molar-refractivity contribution >= 4 is 15.5 Å². The van der Waals surface area contributed by atoms with E-state index in [1.165, 1.54) is 18.4 Å². The van der Waals surface area contributed by atoms with E-state index in [4.69, 9.17) is 0 Å². The molecule has 5 nitrogen and oxygen atoms in total. The fourth-order valence-corrected chi connectivity index (χ4v) is 5.14. The molecule has 1 saturated heterocycles. The summed E-state index contributed by atoms with van der Waals surface area (Å²) in [5.41, 5.74) is -0.348. The van der Waals surface area contributed by atoms with Gasteiger partial charge in [0.05, 0.1) is 10.9 Å². The Morgan fingerprint density at radius 2 is 1.61 bits per heavy atom. The lowest BCUT2D eigenvalue weighted by Crippen LogP contribution is -2.48.